The van der Waals surface area contributed by atoms with Crippen molar-refractivity contribution in [1.82, 2.24) is 25.4 Å². The van der Waals surface area contributed by atoms with Crippen LogP contribution < -0.4 is 15.8 Å². The molecule has 0 aliphatic heterocycles. The molecule has 1 heterocycles. The highest BCUT2D eigenvalue weighted by molar-refractivity contribution is 14.0. The smallest absolute Gasteiger partial charge is 0.238 e. The molecule has 1 aromatic heterocycles. The van der Waals surface area contributed by atoms with Crippen molar-refractivity contribution in [3.05, 3.63) is 42.0 Å². The topological polar surface area (TPSA) is 127 Å². The molecular formula is C16H26IN7O2S. The first-order valence-electron chi connectivity index (χ1n) is 8.44. The number of benzene rings is 1. The third-order valence-corrected chi connectivity index (χ3v) is 4.56. The second kappa shape index (κ2) is 11.2. The fourth-order valence-electron chi connectivity index (χ4n) is 2.37. The van der Waals surface area contributed by atoms with Gasteiger partial charge < -0.3 is 15.2 Å². The minimum atomic E-state index is -3.71. The lowest BCUT2D eigenvalue weighted by molar-refractivity contribution is 0.597. The molecule has 0 unspecified atom stereocenters. The Balaban J connectivity index is 0.00000364. The molecule has 2 aromatic rings. The molecular weight excluding hydrogens is 481 g/mol. The highest BCUT2D eigenvalue weighted by Crippen LogP contribution is 2.10. The predicted molar refractivity (Wildman–Crippen MR) is 115 cm³/mol. The number of primary sulfonamides is 1. The van der Waals surface area contributed by atoms with Crippen LogP contribution in [0.25, 0.3) is 0 Å². The van der Waals surface area contributed by atoms with E-state index >= 15 is 0 Å². The van der Waals surface area contributed by atoms with Gasteiger partial charge in [-0.2, -0.15) is 0 Å². The number of nitrogens with one attached hydrogen (secondary N) is 2. The van der Waals surface area contributed by atoms with Crippen LogP contribution in [0.3, 0.4) is 0 Å². The van der Waals surface area contributed by atoms with Gasteiger partial charge in [-0.3, -0.25) is 0 Å². The van der Waals surface area contributed by atoms with Crippen LogP contribution in [0.1, 0.15) is 25.2 Å². The summed E-state index contributed by atoms with van der Waals surface area (Å²) in [4.78, 5) is 4.57. The zero-order valence-electron chi connectivity index (χ0n) is 15.4. The van der Waals surface area contributed by atoms with Crippen molar-refractivity contribution in [3.63, 3.8) is 0 Å². The van der Waals surface area contributed by atoms with Gasteiger partial charge in [0.2, 0.25) is 10.0 Å². The predicted octanol–water partition coefficient (Wildman–Crippen LogP) is 0.861. The standard InChI is InChI=1S/C16H25N7O2S.HI/c1-3-15-22-21-12-23(15)9-8-19-16(18-4-2)20-11-13-6-5-7-14(10-13)26(17,24)25;/h5-7,10,12H,3-4,8-9,11H2,1-2H3,(H2,17,24,25)(H2,18,19,20);1H. The van der Waals surface area contributed by atoms with Crippen LogP contribution in [0.4, 0.5) is 0 Å². The minimum Gasteiger partial charge on any atom is -0.357 e. The van der Waals surface area contributed by atoms with Crippen LogP contribution in [-0.4, -0.2) is 42.2 Å². The molecule has 0 aliphatic rings. The highest BCUT2D eigenvalue weighted by Gasteiger charge is 2.08. The summed E-state index contributed by atoms with van der Waals surface area (Å²) < 4.78 is 24.9. The summed E-state index contributed by atoms with van der Waals surface area (Å²) >= 11 is 0. The molecule has 150 valence electrons. The number of aromatic nitrogens is 3. The first kappa shape index (κ1) is 23.3. The number of halogens is 1. The number of rotatable bonds is 8. The molecule has 11 heteroatoms. The molecule has 0 atom stereocenters. The van der Waals surface area contributed by atoms with Crippen LogP contribution in [-0.2, 0) is 29.5 Å². The van der Waals surface area contributed by atoms with Gasteiger partial charge in [-0.25, -0.2) is 18.5 Å². The van der Waals surface area contributed by atoms with Gasteiger partial charge in [0.15, 0.2) is 5.96 Å². The molecule has 4 N–H and O–H groups in total. The monoisotopic (exact) mass is 507 g/mol. The number of hydrogen-bond donors (Lipinski definition) is 3. The average Bonchev–Trinajstić information content (AvgIpc) is 3.06. The van der Waals surface area contributed by atoms with Crippen molar-refractivity contribution in [2.45, 2.75) is 38.3 Å². The number of sulfonamides is 1. The maximum absolute atomic E-state index is 11.4. The zero-order chi connectivity index (χ0) is 19.0. The molecule has 0 radical (unpaired) electrons. The minimum absolute atomic E-state index is 0. The molecule has 27 heavy (non-hydrogen) atoms. The third kappa shape index (κ3) is 7.42. The van der Waals surface area contributed by atoms with Crippen molar-refractivity contribution in [1.29, 1.82) is 0 Å². The van der Waals surface area contributed by atoms with Gasteiger partial charge in [-0.05, 0) is 24.6 Å². The van der Waals surface area contributed by atoms with E-state index in [0.29, 0.717) is 19.0 Å². The lowest BCUT2D eigenvalue weighted by Crippen LogP contribution is -2.38. The Kier molecular flexibility index (Phi) is 9.66. The largest absolute Gasteiger partial charge is 0.357 e. The maximum atomic E-state index is 11.4. The second-order valence-electron chi connectivity index (χ2n) is 5.61. The Morgan fingerprint density at radius 2 is 2.07 bits per heavy atom. The Labute approximate surface area is 176 Å². The summed E-state index contributed by atoms with van der Waals surface area (Å²) in [6.07, 6.45) is 2.54. The molecule has 0 saturated heterocycles. The van der Waals surface area contributed by atoms with Gasteiger partial charge in [0.1, 0.15) is 12.2 Å². The molecule has 0 bridgehead atoms. The van der Waals surface area contributed by atoms with Gasteiger partial charge in [-0.15, -0.1) is 34.2 Å². The Morgan fingerprint density at radius 3 is 2.74 bits per heavy atom. The van der Waals surface area contributed by atoms with Crippen molar-refractivity contribution in [2.24, 2.45) is 10.1 Å². The maximum Gasteiger partial charge on any atom is 0.238 e. The number of nitrogens with two attached hydrogens (primary N) is 1. The van der Waals surface area contributed by atoms with E-state index < -0.39 is 10.0 Å². The fraction of sp³-hybridized carbons (Fsp3) is 0.438. The SMILES string of the molecule is CCNC(=NCc1cccc(S(N)(=O)=O)c1)NCCn1cnnc1CC.I. The van der Waals surface area contributed by atoms with E-state index in [2.05, 4.69) is 25.8 Å². The van der Waals surface area contributed by atoms with Crippen LogP contribution in [0.15, 0.2) is 40.5 Å². The fourth-order valence-corrected chi connectivity index (χ4v) is 2.95. The number of aliphatic imine (C=N–C) groups is 1. The highest BCUT2D eigenvalue weighted by atomic mass is 127. The van der Waals surface area contributed by atoms with Crippen LogP contribution in [0.5, 0.6) is 0 Å². The van der Waals surface area contributed by atoms with Crippen LogP contribution >= 0.6 is 24.0 Å². The van der Waals surface area contributed by atoms with E-state index in [1.807, 2.05) is 24.5 Å². The molecule has 0 aliphatic carbocycles. The van der Waals surface area contributed by atoms with E-state index in [1.165, 1.54) is 12.1 Å². The van der Waals surface area contributed by atoms with Crippen molar-refractivity contribution in [2.75, 3.05) is 13.1 Å². The molecule has 0 saturated carbocycles. The van der Waals surface area contributed by atoms with Gasteiger partial charge in [-0.1, -0.05) is 19.1 Å². The third-order valence-electron chi connectivity index (χ3n) is 3.65. The molecule has 0 spiro atoms. The van der Waals surface area contributed by atoms with Gasteiger partial charge >= 0.3 is 0 Å². The second-order valence-corrected chi connectivity index (χ2v) is 7.17. The summed E-state index contributed by atoms with van der Waals surface area (Å²) in [5.74, 6) is 1.59. The Bertz CT molecular complexity index is 852. The number of aryl methyl sites for hydroxylation is 1. The number of guanidine groups is 1. The van der Waals surface area contributed by atoms with E-state index in [4.69, 9.17) is 5.14 Å². The van der Waals surface area contributed by atoms with E-state index in [9.17, 15) is 8.42 Å². The van der Waals surface area contributed by atoms with Gasteiger partial charge in [0.25, 0.3) is 0 Å². The quantitative estimate of drug-likeness (QED) is 0.276. The molecule has 1 aromatic carbocycles. The summed E-state index contributed by atoms with van der Waals surface area (Å²) in [7, 11) is -3.71. The summed E-state index contributed by atoms with van der Waals surface area (Å²) in [6, 6.07) is 6.47. The van der Waals surface area contributed by atoms with E-state index in [1.54, 1.807) is 12.4 Å². The summed E-state index contributed by atoms with van der Waals surface area (Å²) in [5.41, 5.74) is 0.765. The van der Waals surface area contributed by atoms with Crippen molar-refractivity contribution >= 4 is 40.0 Å². The van der Waals surface area contributed by atoms with Crippen molar-refractivity contribution in [3.8, 4) is 0 Å². The molecule has 0 amide bonds. The first-order valence-corrected chi connectivity index (χ1v) is 9.99. The van der Waals surface area contributed by atoms with Gasteiger partial charge in [0, 0.05) is 26.1 Å². The lowest BCUT2D eigenvalue weighted by Gasteiger charge is -2.12. The van der Waals surface area contributed by atoms with Crippen LogP contribution in [0.2, 0.25) is 0 Å². The summed E-state index contributed by atoms with van der Waals surface area (Å²) in [6.45, 7) is 6.46. The molecule has 0 fully saturated rings. The zero-order valence-corrected chi connectivity index (χ0v) is 18.6. The van der Waals surface area contributed by atoms with Crippen LogP contribution in [0, 0.1) is 0 Å². The summed E-state index contributed by atoms with van der Waals surface area (Å²) in [5, 5.41) is 19.5. The average molecular weight is 507 g/mol. The van der Waals surface area contributed by atoms with Gasteiger partial charge in [0.05, 0.1) is 11.4 Å². The van der Waals surface area contributed by atoms with E-state index in [-0.39, 0.29) is 28.9 Å². The number of nitrogens with zero attached hydrogens (tertiary/aromatic N) is 4. The van der Waals surface area contributed by atoms with Crippen molar-refractivity contribution < 1.29 is 8.42 Å². The molecule has 2 rings (SSSR count). The van der Waals surface area contributed by atoms with E-state index in [0.717, 1.165) is 30.9 Å². The normalized spacial score (nSPS) is 11.7. The number of hydrogen-bond acceptors (Lipinski definition) is 5. The Morgan fingerprint density at radius 1 is 1.30 bits per heavy atom. The molecule has 9 nitrogen and oxygen atoms in total. The Hall–Kier alpha value is -1.73. The lowest BCUT2D eigenvalue weighted by atomic mass is 10.2. The first-order chi connectivity index (χ1) is 12.4.